The summed E-state index contributed by atoms with van der Waals surface area (Å²) in [5.41, 5.74) is 2.50. The molecule has 0 saturated heterocycles. The number of nitrogens with zero attached hydrogens (tertiary/aromatic N) is 3. The Labute approximate surface area is 234 Å². The van der Waals surface area contributed by atoms with Crippen LogP contribution in [0.1, 0.15) is 0 Å². The molecule has 5 aromatic rings. The standard InChI is InChI=1S/C29H23ClN4O2S2/c1-37-26-10-6-5-9-25(26)31-27(35)19-38-29-33-32-28(20-11-13-21(30)14-12-20)34(29)22-15-17-24(18-16-22)36-23-7-3-2-4-8-23/h2-18H,19H2,1H3,(H,31,35). The first-order valence-electron chi connectivity index (χ1n) is 11.7. The number of carbonyl (C=O) groups excluding carboxylic acids is 1. The Morgan fingerprint density at radius 1 is 0.868 bits per heavy atom. The van der Waals surface area contributed by atoms with Crippen molar-refractivity contribution in [2.24, 2.45) is 0 Å². The average Bonchev–Trinajstić information content (AvgIpc) is 3.37. The van der Waals surface area contributed by atoms with Crippen LogP contribution in [0.2, 0.25) is 5.02 Å². The van der Waals surface area contributed by atoms with Crippen LogP contribution < -0.4 is 10.1 Å². The number of amides is 1. The third kappa shape index (κ3) is 6.22. The van der Waals surface area contributed by atoms with Crippen molar-refractivity contribution in [1.29, 1.82) is 0 Å². The van der Waals surface area contributed by atoms with Gasteiger partial charge in [-0.15, -0.1) is 22.0 Å². The number of anilines is 1. The Morgan fingerprint density at radius 3 is 2.29 bits per heavy atom. The molecule has 6 nitrogen and oxygen atoms in total. The summed E-state index contributed by atoms with van der Waals surface area (Å²) in [6.07, 6.45) is 1.98. The molecule has 5 rings (SSSR count). The first kappa shape index (κ1) is 25.9. The zero-order valence-corrected chi connectivity index (χ0v) is 22.8. The third-order valence-electron chi connectivity index (χ3n) is 5.52. The number of aromatic nitrogens is 3. The SMILES string of the molecule is CSc1ccccc1NC(=O)CSc1nnc(-c2ccc(Cl)cc2)n1-c1ccc(Oc2ccccc2)cc1. The summed E-state index contributed by atoms with van der Waals surface area (Å²) < 4.78 is 7.88. The van der Waals surface area contributed by atoms with E-state index in [4.69, 9.17) is 16.3 Å². The Hall–Kier alpha value is -3.72. The number of hydrogen-bond donors (Lipinski definition) is 1. The van der Waals surface area contributed by atoms with Gasteiger partial charge in [-0.25, -0.2) is 0 Å². The van der Waals surface area contributed by atoms with Gasteiger partial charge in [-0.2, -0.15) is 0 Å². The maximum absolute atomic E-state index is 12.8. The van der Waals surface area contributed by atoms with E-state index in [0.717, 1.165) is 27.6 Å². The number of rotatable bonds is 9. The van der Waals surface area contributed by atoms with Gasteiger partial charge in [0, 0.05) is 21.2 Å². The summed E-state index contributed by atoms with van der Waals surface area (Å²) in [5.74, 6) is 2.18. The van der Waals surface area contributed by atoms with Crippen LogP contribution in [0.5, 0.6) is 11.5 Å². The van der Waals surface area contributed by atoms with Gasteiger partial charge in [0.15, 0.2) is 11.0 Å². The van der Waals surface area contributed by atoms with Gasteiger partial charge in [0.2, 0.25) is 5.91 Å². The van der Waals surface area contributed by atoms with Crippen LogP contribution in [0.25, 0.3) is 17.1 Å². The van der Waals surface area contributed by atoms with Crippen molar-refractivity contribution in [3.8, 4) is 28.6 Å². The van der Waals surface area contributed by atoms with E-state index in [1.165, 1.54) is 11.8 Å². The van der Waals surface area contributed by atoms with Crippen molar-refractivity contribution < 1.29 is 9.53 Å². The van der Waals surface area contributed by atoms with Crippen molar-refractivity contribution in [1.82, 2.24) is 14.8 Å². The van der Waals surface area contributed by atoms with Gasteiger partial charge in [-0.1, -0.05) is 53.7 Å². The number of benzene rings is 4. The van der Waals surface area contributed by atoms with Crippen molar-refractivity contribution in [3.05, 3.63) is 108 Å². The molecule has 1 heterocycles. The molecular weight excluding hydrogens is 536 g/mol. The summed E-state index contributed by atoms with van der Waals surface area (Å²) in [6.45, 7) is 0. The molecule has 0 spiro atoms. The lowest BCUT2D eigenvalue weighted by atomic mass is 10.2. The van der Waals surface area contributed by atoms with Gasteiger partial charge < -0.3 is 10.1 Å². The second-order valence-electron chi connectivity index (χ2n) is 8.09. The second-order valence-corrected chi connectivity index (χ2v) is 10.3. The van der Waals surface area contributed by atoms with Gasteiger partial charge in [0.1, 0.15) is 11.5 Å². The highest BCUT2D eigenvalue weighted by atomic mass is 35.5. The fourth-order valence-corrected chi connectivity index (χ4v) is 5.17. The van der Waals surface area contributed by atoms with Gasteiger partial charge >= 0.3 is 0 Å². The number of ether oxygens (including phenoxy) is 1. The maximum atomic E-state index is 12.8. The van der Waals surface area contributed by atoms with Gasteiger partial charge in [-0.3, -0.25) is 9.36 Å². The lowest BCUT2D eigenvalue weighted by Crippen LogP contribution is -2.15. The van der Waals surface area contributed by atoms with Crippen LogP contribution >= 0.6 is 35.1 Å². The van der Waals surface area contributed by atoms with Gasteiger partial charge in [-0.05, 0) is 79.1 Å². The lowest BCUT2D eigenvalue weighted by Gasteiger charge is -2.12. The fourth-order valence-electron chi connectivity index (χ4n) is 3.73. The predicted molar refractivity (Wildman–Crippen MR) is 156 cm³/mol. The molecule has 38 heavy (non-hydrogen) atoms. The number of halogens is 1. The Bertz CT molecular complexity index is 1530. The average molecular weight is 559 g/mol. The van der Waals surface area contributed by atoms with E-state index >= 15 is 0 Å². The van der Waals surface area contributed by atoms with E-state index in [1.54, 1.807) is 11.8 Å². The highest BCUT2D eigenvalue weighted by Crippen LogP contribution is 2.31. The molecular formula is C29H23ClN4O2S2. The monoisotopic (exact) mass is 558 g/mol. The summed E-state index contributed by atoms with van der Waals surface area (Å²) in [4.78, 5) is 13.8. The van der Waals surface area contributed by atoms with E-state index in [-0.39, 0.29) is 11.7 Å². The Morgan fingerprint density at radius 2 is 1.55 bits per heavy atom. The molecule has 0 atom stereocenters. The molecule has 0 aliphatic rings. The van der Waals surface area contributed by atoms with E-state index < -0.39 is 0 Å². The zero-order valence-electron chi connectivity index (χ0n) is 20.4. The first-order valence-corrected chi connectivity index (χ1v) is 14.3. The Balaban J connectivity index is 1.40. The number of hydrogen-bond acceptors (Lipinski definition) is 6. The van der Waals surface area contributed by atoms with Crippen molar-refractivity contribution in [2.45, 2.75) is 10.1 Å². The summed E-state index contributed by atoms with van der Waals surface area (Å²) >= 11 is 9.02. The lowest BCUT2D eigenvalue weighted by molar-refractivity contribution is -0.113. The smallest absolute Gasteiger partial charge is 0.234 e. The van der Waals surface area contributed by atoms with Crippen molar-refractivity contribution in [2.75, 3.05) is 17.3 Å². The van der Waals surface area contributed by atoms with Crippen LogP contribution in [0.15, 0.2) is 113 Å². The number of carbonyl (C=O) groups is 1. The van der Waals surface area contributed by atoms with E-state index in [1.807, 2.05) is 114 Å². The number of para-hydroxylation sites is 2. The minimum atomic E-state index is -0.120. The molecule has 0 fully saturated rings. The molecule has 0 unspecified atom stereocenters. The second kappa shape index (κ2) is 12.2. The number of nitrogens with one attached hydrogen (secondary N) is 1. The molecule has 0 bridgehead atoms. The quantitative estimate of drug-likeness (QED) is 0.186. The third-order valence-corrected chi connectivity index (χ3v) is 7.50. The molecule has 0 aliphatic carbocycles. The minimum Gasteiger partial charge on any atom is -0.457 e. The molecule has 0 radical (unpaired) electrons. The van der Waals surface area contributed by atoms with Crippen LogP contribution in [-0.4, -0.2) is 32.7 Å². The summed E-state index contributed by atoms with van der Waals surface area (Å²) in [5, 5.41) is 13.1. The van der Waals surface area contributed by atoms with E-state index in [9.17, 15) is 4.79 Å². The maximum Gasteiger partial charge on any atom is 0.234 e. The predicted octanol–water partition coefficient (Wildman–Crippen LogP) is 7.83. The first-order chi connectivity index (χ1) is 18.6. The molecule has 0 saturated carbocycles. The van der Waals surface area contributed by atoms with Crippen LogP contribution in [0, 0.1) is 0 Å². The molecule has 9 heteroatoms. The van der Waals surface area contributed by atoms with Crippen LogP contribution in [0.3, 0.4) is 0 Å². The van der Waals surface area contributed by atoms with E-state index in [2.05, 4.69) is 15.5 Å². The van der Waals surface area contributed by atoms with Gasteiger partial charge in [0.05, 0.1) is 11.4 Å². The Kier molecular flexibility index (Phi) is 8.33. The zero-order chi connectivity index (χ0) is 26.3. The molecule has 0 aliphatic heterocycles. The highest BCUT2D eigenvalue weighted by molar-refractivity contribution is 7.99. The highest BCUT2D eigenvalue weighted by Gasteiger charge is 2.18. The van der Waals surface area contributed by atoms with Crippen LogP contribution in [0.4, 0.5) is 5.69 Å². The number of thioether (sulfide) groups is 2. The largest absolute Gasteiger partial charge is 0.457 e. The normalized spacial score (nSPS) is 10.8. The molecule has 1 aromatic heterocycles. The molecule has 1 amide bonds. The summed E-state index contributed by atoms with van der Waals surface area (Å²) in [6, 6.07) is 32.5. The van der Waals surface area contributed by atoms with E-state index in [0.29, 0.717) is 21.8 Å². The van der Waals surface area contributed by atoms with Crippen molar-refractivity contribution in [3.63, 3.8) is 0 Å². The van der Waals surface area contributed by atoms with Gasteiger partial charge in [0.25, 0.3) is 0 Å². The van der Waals surface area contributed by atoms with Crippen molar-refractivity contribution >= 4 is 46.7 Å². The molecule has 1 N–H and O–H groups in total. The van der Waals surface area contributed by atoms with Crippen LogP contribution in [-0.2, 0) is 4.79 Å². The summed E-state index contributed by atoms with van der Waals surface area (Å²) in [7, 11) is 0. The minimum absolute atomic E-state index is 0.120. The fraction of sp³-hybridized carbons (Fsp3) is 0.0690. The molecule has 4 aromatic carbocycles. The topological polar surface area (TPSA) is 69.0 Å². The molecule has 190 valence electrons.